The number of anilines is 3. The Morgan fingerprint density at radius 3 is 2.68 bits per heavy atom. The summed E-state index contributed by atoms with van der Waals surface area (Å²) in [5.41, 5.74) is 21.2. The van der Waals surface area contributed by atoms with E-state index in [4.69, 9.17) is 22.2 Å². The third kappa shape index (κ3) is 4.06. The highest BCUT2D eigenvalue weighted by Gasteiger charge is 2.29. The van der Waals surface area contributed by atoms with Crippen LogP contribution in [0.4, 0.5) is 17.3 Å². The predicted octanol–water partition coefficient (Wildman–Crippen LogP) is 2.30. The number of nitrogens with one attached hydrogen (secondary N) is 3. The number of hydrogen-bond acceptors (Lipinski definition) is 7. The van der Waals surface area contributed by atoms with Crippen molar-refractivity contribution < 1.29 is 4.79 Å². The van der Waals surface area contributed by atoms with Crippen LogP contribution < -0.4 is 27.8 Å². The van der Waals surface area contributed by atoms with Gasteiger partial charge in [-0.2, -0.15) is 5.10 Å². The predicted molar refractivity (Wildman–Crippen MR) is 121 cm³/mol. The summed E-state index contributed by atoms with van der Waals surface area (Å²) in [6.07, 6.45) is 6.56. The van der Waals surface area contributed by atoms with Gasteiger partial charge in [-0.15, -0.1) is 0 Å². The summed E-state index contributed by atoms with van der Waals surface area (Å²) in [6.45, 7) is 0. The van der Waals surface area contributed by atoms with Gasteiger partial charge in [0.1, 0.15) is 17.2 Å². The Kier molecular flexibility index (Phi) is 4.99. The van der Waals surface area contributed by atoms with Crippen LogP contribution in [0, 0.1) is 0 Å². The van der Waals surface area contributed by atoms with Gasteiger partial charge in [-0.3, -0.25) is 9.89 Å². The number of carbonyl (C=O) groups is 1. The van der Waals surface area contributed by atoms with Crippen LogP contribution >= 0.6 is 0 Å². The van der Waals surface area contributed by atoms with Gasteiger partial charge < -0.3 is 27.8 Å². The standard InChI is InChI=1S/C22H28N8O/c23-17-5-1-11(7-18(17)24)14-9-20(27-12-2-3-12)29-19-6-4-13(8-15(14)19)28-22-16(21(25)31)10-26-30-22/h4,6,8-12,17-18H,1-3,5,7,23-24H2,(H2,25,31)(H,27,29)(H2,26,28,30)/t11?,17-,18+/m0/s1. The van der Waals surface area contributed by atoms with Gasteiger partial charge in [0.2, 0.25) is 0 Å². The van der Waals surface area contributed by atoms with E-state index in [2.05, 4.69) is 33.0 Å². The zero-order valence-corrected chi connectivity index (χ0v) is 17.3. The summed E-state index contributed by atoms with van der Waals surface area (Å²) in [5, 5.41) is 14.5. The number of fused-ring (bicyclic) bond motifs is 1. The Balaban J connectivity index is 1.53. The lowest BCUT2D eigenvalue weighted by Gasteiger charge is -2.32. The molecular weight excluding hydrogens is 392 g/mol. The van der Waals surface area contributed by atoms with E-state index < -0.39 is 5.91 Å². The Morgan fingerprint density at radius 2 is 1.94 bits per heavy atom. The topological polar surface area (TPSA) is 161 Å². The third-order valence-electron chi connectivity index (χ3n) is 6.34. The molecule has 2 fully saturated rings. The van der Waals surface area contributed by atoms with Crippen molar-refractivity contribution in [3.05, 3.63) is 41.6 Å². The van der Waals surface area contributed by atoms with Gasteiger partial charge in [-0.25, -0.2) is 4.98 Å². The molecule has 0 saturated heterocycles. The van der Waals surface area contributed by atoms with E-state index in [9.17, 15) is 4.79 Å². The van der Waals surface area contributed by atoms with Crippen LogP contribution in [0.2, 0.25) is 0 Å². The molecule has 1 unspecified atom stereocenters. The first-order valence-corrected chi connectivity index (χ1v) is 10.8. The maximum absolute atomic E-state index is 11.6. The maximum atomic E-state index is 11.6. The molecule has 3 aromatic rings. The lowest BCUT2D eigenvalue weighted by atomic mass is 9.78. The summed E-state index contributed by atoms with van der Waals surface area (Å²) >= 11 is 0. The molecule has 0 bridgehead atoms. The Morgan fingerprint density at radius 1 is 1.10 bits per heavy atom. The highest BCUT2D eigenvalue weighted by atomic mass is 16.1. The van der Waals surface area contributed by atoms with Crippen LogP contribution in [-0.4, -0.2) is 39.2 Å². The second-order valence-electron chi connectivity index (χ2n) is 8.73. The zero-order valence-electron chi connectivity index (χ0n) is 17.3. The summed E-state index contributed by atoms with van der Waals surface area (Å²) in [7, 11) is 0. The molecule has 5 rings (SSSR count). The van der Waals surface area contributed by atoms with E-state index in [0.29, 0.717) is 23.3 Å². The number of amides is 1. The molecule has 9 nitrogen and oxygen atoms in total. The lowest BCUT2D eigenvalue weighted by molar-refractivity contribution is 0.100. The fraction of sp³-hybridized carbons (Fsp3) is 0.409. The first kappa shape index (κ1) is 19.8. The largest absolute Gasteiger partial charge is 0.367 e. The number of pyridine rings is 1. The van der Waals surface area contributed by atoms with Gasteiger partial charge >= 0.3 is 0 Å². The van der Waals surface area contributed by atoms with Crippen molar-refractivity contribution in [3.8, 4) is 0 Å². The minimum Gasteiger partial charge on any atom is -0.367 e. The molecule has 162 valence electrons. The first-order valence-electron chi connectivity index (χ1n) is 10.8. The number of hydrogen-bond donors (Lipinski definition) is 6. The molecule has 9 heteroatoms. The second kappa shape index (κ2) is 7.82. The van der Waals surface area contributed by atoms with Gasteiger partial charge in [0.15, 0.2) is 0 Å². The molecule has 2 heterocycles. The molecule has 1 amide bonds. The third-order valence-corrected chi connectivity index (χ3v) is 6.34. The molecule has 2 aliphatic rings. The van der Waals surface area contributed by atoms with Gasteiger partial charge in [0.05, 0.1) is 11.7 Å². The van der Waals surface area contributed by atoms with Gasteiger partial charge in [-0.05, 0) is 67.9 Å². The quantitative estimate of drug-likeness (QED) is 0.356. The lowest BCUT2D eigenvalue weighted by Crippen LogP contribution is -2.45. The normalized spacial score (nSPS) is 23.6. The molecule has 2 aliphatic carbocycles. The number of nitrogens with zero attached hydrogens (tertiary/aromatic N) is 2. The average Bonchev–Trinajstić information content (AvgIpc) is 3.43. The van der Waals surface area contributed by atoms with E-state index >= 15 is 0 Å². The number of primary amides is 1. The van der Waals surface area contributed by atoms with E-state index in [-0.39, 0.29) is 12.1 Å². The van der Waals surface area contributed by atoms with Crippen LogP contribution in [0.1, 0.15) is 53.9 Å². The first-order chi connectivity index (χ1) is 15.0. The minimum absolute atomic E-state index is 0.00812. The van der Waals surface area contributed by atoms with Gasteiger partial charge in [0.25, 0.3) is 5.91 Å². The van der Waals surface area contributed by atoms with Crippen molar-refractivity contribution in [3.63, 3.8) is 0 Å². The van der Waals surface area contributed by atoms with E-state index in [0.717, 1.165) is 41.7 Å². The van der Waals surface area contributed by atoms with Crippen molar-refractivity contribution in [2.75, 3.05) is 10.6 Å². The zero-order chi connectivity index (χ0) is 21.5. The van der Waals surface area contributed by atoms with Crippen molar-refractivity contribution >= 4 is 34.1 Å². The number of aromatic nitrogens is 3. The number of benzene rings is 1. The average molecular weight is 421 g/mol. The molecule has 9 N–H and O–H groups in total. The van der Waals surface area contributed by atoms with Crippen molar-refractivity contribution in [1.29, 1.82) is 0 Å². The van der Waals surface area contributed by atoms with Crippen LogP contribution in [0.3, 0.4) is 0 Å². The Bertz CT molecular complexity index is 1120. The highest BCUT2D eigenvalue weighted by Crippen LogP contribution is 2.38. The molecule has 0 aliphatic heterocycles. The minimum atomic E-state index is -0.539. The summed E-state index contributed by atoms with van der Waals surface area (Å²) in [5.74, 6) is 1.17. The van der Waals surface area contributed by atoms with E-state index in [1.165, 1.54) is 24.6 Å². The van der Waals surface area contributed by atoms with Crippen LogP contribution in [-0.2, 0) is 0 Å². The smallest absolute Gasteiger partial charge is 0.254 e. The molecular formula is C22H28N8O. The number of aromatic amines is 1. The van der Waals surface area contributed by atoms with Crippen LogP contribution in [0.25, 0.3) is 10.9 Å². The molecule has 2 aromatic heterocycles. The fourth-order valence-electron chi connectivity index (χ4n) is 4.40. The number of carbonyl (C=O) groups excluding carboxylic acids is 1. The highest BCUT2D eigenvalue weighted by molar-refractivity contribution is 5.98. The molecule has 2 saturated carbocycles. The van der Waals surface area contributed by atoms with E-state index in [1.807, 2.05) is 12.1 Å². The number of H-pyrrole nitrogens is 1. The SMILES string of the molecule is NC(=O)c1cn[nH]c1Nc1ccc2nc(NC3CC3)cc(C3CC[C@H](N)[C@H](N)C3)c2c1. The maximum Gasteiger partial charge on any atom is 0.254 e. The molecule has 0 radical (unpaired) electrons. The van der Waals surface area contributed by atoms with Crippen molar-refractivity contribution in [1.82, 2.24) is 15.2 Å². The molecule has 3 atom stereocenters. The van der Waals surface area contributed by atoms with Crippen molar-refractivity contribution in [2.24, 2.45) is 17.2 Å². The second-order valence-corrected chi connectivity index (χ2v) is 8.73. The molecule has 1 aromatic carbocycles. The van der Waals surface area contributed by atoms with Crippen LogP contribution in [0.15, 0.2) is 30.5 Å². The van der Waals surface area contributed by atoms with Crippen LogP contribution in [0.5, 0.6) is 0 Å². The monoisotopic (exact) mass is 420 g/mol. The Hall–Kier alpha value is -3.17. The number of rotatable bonds is 6. The summed E-state index contributed by atoms with van der Waals surface area (Å²) in [6, 6.07) is 8.73. The van der Waals surface area contributed by atoms with E-state index in [1.54, 1.807) is 0 Å². The Labute approximate surface area is 180 Å². The van der Waals surface area contributed by atoms with Gasteiger partial charge in [-0.1, -0.05) is 0 Å². The van der Waals surface area contributed by atoms with Gasteiger partial charge in [0, 0.05) is 29.2 Å². The van der Waals surface area contributed by atoms with Crippen molar-refractivity contribution in [2.45, 2.75) is 56.1 Å². The summed E-state index contributed by atoms with van der Waals surface area (Å²) < 4.78 is 0. The fourth-order valence-corrected chi connectivity index (χ4v) is 4.40. The number of nitrogens with two attached hydrogens (primary N) is 3. The summed E-state index contributed by atoms with van der Waals surface area (Å²) in [4.78, 5) is 16.5. The molecule has 0 spiro atoms. The molecule has 31 heavy (non-hydrogen) atoms.